The Morgan fingerprint density at radius 1 is 0.762 bits per heavy atom. The number of hydrogen-bond acceptors (Lipinski definition) is 12. The van der Waals surface area contributed by atoms with Crippen LogP contribution >= 0.6 is 0 Å². The van der Waals surface area contributed by atoms with Crippen LogP contribution in [-0.2, 0) is 0 Å². The number of nitrogens with one attached hydrogen (secondary N) is 3. The van der Waals surface area contributed by atoms with E-state index in [1.165, 1.54) is 37.1 Å². The van der Waals surface area contributed by atoms with Gasteiger partial charge < -0.3 is 30.3 Å². The van der Waals surface area contributed by atoms with Crippen molar-refractivity contribution in [1.82, 2.24) is 45.7 Å². The fourth-order valence-electron chi connectivity index (χ4n) is 14.2. The highest BCUT2D eigenvalue weighted by molar-refractivity contribution is 6.12. The first kappa shape index (κ1) is 50.3. The summed E-state index contributed by atoms with van der Waals surface area (Å²) in [5.74, 6) is 2.50. The molecule has 15 rings (SSSR count). The van der Waals surface area contributed by atoms with Crippen LogP contribution in [0.1, 0.15) is 67.3 Å². The largest absolute Gasteiger partial charge is 0.508 e. The number of phenolic OH excluding ortho intramolecular Hbond substituents is 1. The van der Waals surface area contributed by atoms with Crippen LogP contribution in [-0.4, -0.2) is 116 Å². The molecule has 6 aliphatic rings. The summed E-state index contributed by atoms with van der Waals surface area (Å²) in [7, 11) is 0. The lowest BCUT2D eigenvalue weighted by molar-refractivity contribution is 0.110. The zero-order valence-corrected chi connectivity index (χ0v) is 44.7. The smallest absolute Gasteiger partial charge is 0.219 e. The van der Waals surface area contributed by atoms with Gasteiger partial charge in [-0.15, -0.1) is 6.42 Å². The number of anilines is 2. The number of fused-ring (bicyclic) bond motifs is 10. The second-order valence-corrected chi connectivity index (χ2v) is 23.0. The Labute approximate surface area is 459 Å². The number of aromatic amines is 1. The molecule has 6 saturated heterocycles. The summed E-state index contributed by atoms with van der Waals surface area (Å²) in [4.78, 5) is 26.1. The summed E-state index contributed by atoms with van der Waals surface area (Å²) < 4.78 is 68.6. The number of aromatic nitrogens is 6. The fourth-order valence-corrected chi connectivity index (χ4v) is 14.2. The normalized spacial score (nSPS) is 23.0. The van der Waals surface area contributed by atoms with E-state index >= 15 is 8.78 Å². The van der Waals surface area contributed by atoms with Crippen molar-refractivity contribution in [3.63, 3.8) is 0 Å². The van der Waals surface area contributed by atoms with Gasteiger partial charge in [0.2, 0.25) is 5.88 Å². The molecule has 5 aromatic heterocycles. The van der Waals surface area contributed by atoms with Crippen LogP contribution in [0.15, 0.2) is 85.1 Å². The maximum absolute atomic E-state index is 17.1. The number of aromatic hydroxyl groups is 1. The minimum absolute atomic E-state index is 0.0279. The second-order valence-electron chi connectivity index (χ2n) is 23.0. The fraction of sp³-hybridized carbons (Fsp3) is 0.349. The first-order chi connectivity index (χ1) is 38.9. The molecule has 4 bridgehead atoms. The summed E-state index contributed by atoms with van der Waals surface area (Å²) in [5.41, 5.74) is 4.76. The maximum Gasteiger partial charge on any atom is 0.219 e. The van der Waals surface area contributed by atoms with Gasteiger partial charge in [-0.05, 0) is 124 Å². The number of phenols is 1. The molecular formula is C63H59F4N11O2. The number of halogens is 4. The lowest BCUT2D eigenvalue weighted by Gasteiger charge is -2.35. The third-order valence-corrected chi connectivity index (χ3v) is 18.1. The topological polar surface area (TPSA) is 143 Å². The third-order valence-electron chi connectivity index (χ3n) is 18.1. The molecule has 0 amide bonds. The van der Waals surface area contributed by atoms with Crippen molar-refractivity contribution in [3.05, 3.63) is 125 Å². The highest BCUT2D eigenvalue weighted by Gasteiger charge is 2.47. The molecule has 80 heavy (non-hydrogen) atoms. The average molecular weight is 1080 g/mol. The van der Waals surface area contributed by atoms with E-state index in [1.54, 1.807) is 19.3 Å². The van der Waals surface area contributed by atoms with Crippen molar-refractivity contribution in [1.29, 1.82) is 0 Å². The first-order valence-electron chi connectivity index (χ1n) is 27.8. The zero-order chi connectivity index (χ0) is 54.7. The van der Waals surface area contributed by atoms with Crippen molar-refractivity contribution in [2.45, 2.75) is 95.4 Å². The van der Waals surface area contributed by atoms with E-state index in [9.17, 15) is 13.9 Å². The van der Waals surface area contributed by atoms with E-state index in [1.807, 2.05) is 44.3 Å². The van der Waals surface area contributed by atoms with E-state index < -0.39 is 11.6 Å². The summed E-state index contributed by atoms with van der Waals surface area (Å²) in [6.45, 7) is 10.7. The van der Waals surface area contributed by atoms with Crippen LogP contribution in [0.3, 0.4) is 0 Å². The van der Waals surface area contributed by atoms with E-state index in [4.69, 9.17) is 26.1 Å². The standard InChI is InChI=1S/C36H34F3N5O2.C27H25FN6/c1-3-26-29(38)8-5-22-11-25(45)12-27(31(22)26)33-32(39)30-20(2)35(46-19-36-9-4-10-44(36)16-21(13-36)14-37)42-34(28(30)15-40-33)43-17-23-6-7-24(18-43)41-23;1-14-15(2)31-27(34-12-17-7-8-18(13-34)32-17)21-10-29-26(25(28)23(14)21)24-19-6-4-3-5-16(19)9-22-20(24)11-30-33-22/h1,5,8,11-12,14-15,23-24,41,45H,4,6-7,9-10,13,16-19H2,2H3;3-6,9-11,17-18,32H,7-8,12-13H2,1-2H3,(H,30,33)/b21-14-;. The summed E-state index contributed by atoms with van der Waals surface area (Å²) in [5, 5.41) is 31.0. The number of rotatable bonds is 7. The number of piperazine rings is 2. The van der Waals surface area contributed by atoms with Crippen LogP contribution in [0.4, 0.5) is 29.2 Å². The van der Waals surface area contributed by atoms with Crippen LogP contribution < -0.4 is 25.2 Å². The number of benzene rings is 4. The summed E-state index contributed by atoms with van der Waals surface area (Å²) >= 11 is 0. The number of H-pyrrole nitrogens is 1. The molecule has 0 aliphatic carbocycles. The Bertz CT molecular complexity index is 4100. The lowest BCUT2D eigenvalue weighted by atomic mass is 9.93. The Hall–Kier alpha value is -7.91. The molecule has 6 aliphatic heterocycles. The number of ether oxygens (including phenoxy) is 1. The molecule has 406 valence electrons. The molecule has 5 unspecified atom stereocenters. The Kier molecular flexibility index (Phi) is 12.2. The number of nitrogens with zero attached hydrogens (tertiary/aromatic N) is 8. The van der Waals surface area contributed by atoms with E-state index in [0.29, 0.717) is 100.0 Å². The SMILES string of the molecule is C#Cc1c(F)ccc2cc(O)cc(-c3ncc4c(N5CC6CCC(C5)N6)nc(OCC56CCCN5C/C(=C\F)C6)c(C)c4c3F)c12.Cc1nc(N2CC3CCC(C2)N3)c2cnc(-c3c4ccccc4cc4[nH]ncc34)c(F)c2c1C. The highest BCUT2D eigenvalue weighted by Crippen LogP contribution is 2.46. The molecule has 17 heteroatoms. The van der Waals surface area contributed by atoms with Crippen molar-refractivity contribution in [2.75, 3.05) is 55.7 Å². The molecular weight excluding hydrogens is 1020 g/mol. The monoisotopic (exact) mass is 1080 g/mol. The van der Waals surface area contributed by atoms with Gasteiger partial charge in [-0.1, -0.05) is 36.3 Å². The van der Waals surface area contributed by atoms with Gasteiger partial charge in [-0.25, -0.2) is 22.5 Å². The predicted molar refractivity (Wildman–Crippen MR) is 305 cm³/mol. The molecule has 0 saturated carbocycles. The van der Waals surface area contributed by atoms with Gasteiger partial charge in [0, 0.05) is 124 Å². The van der Waals surface area contributed by atoms with Gasteiger partial charge in [0.05, 0.1) is 29.1 Å². The highest BCUT2D eigenvalue weighted by atomic mass is 19.1. The van der Waals surface area contributed by atoms with Crippen LogP contribution in [0.5, 0.6) is 11.6 Å². The molecule has 0 radical (unpaired) electrons. The number of pyridine rings is 4. The van der Waals surface area contributed by atoms with Crippen molar-refractivity contribution in [2.24, 2.45) is 0 Å². The average Bonchev–Trinajstić information content (AvgIpc) is 4.32. The van der Waals surface area contributed by atoms with E-state index in [0.717, 1.165) is 114 Å². The molecule has 0 spiro atoms. The molecule has 4 aromatic carbocycles. The minimum atomic E-state index is -0.634. The van der Waals surface area contributed by atoms with Gasteiger partial charge in [0.1, 0.15) is 41.2 Å². The predicted octanol–water partition coefficient (Wildman–Crippen LogP) is 11.2. The van der Waals surface area contributed by atoms with Crippen LogP contribution in [0, 0.1) is 50.6 Å². The number of aryl methyl sites for hydroxylation is 3. The molecule has 4 N–H and O–H groups in total. The molecule has 11 heterocycles. The van der Waals surface area contributed by atoms with Crippen LogP contribution in [0.2, 0.25) is 0 Å². The van der Waals surface area contributed by atoms with Gasteiger partial charge in [-0.2, -0.15) is 10.1 Å². The first-order valence-corrected chi connectivity index (χ1v) is 27.8. The van der Waals surface area contributed by atoms with Crippen molar-refractivity contribution in [3.8, 4) is 46.5 Å². The van der Waals surface area contributed by atoms with Gasteiger partial charge in [0.15, 0.2) is 11.6 Å². The second kappa shape index (κ2) is 19.4. The van der Waals surface area contributed by atoms with Crippen LogP contribution in [0.25, 0.3) is 76.5 Å². The number of terminal acetylenes is 1. The van der Waals surface area contributed by atoms with E-state index in [-0.39, 0.29) is 33.9 Å². The zero-order valence-electron chi connectivity index (χ0n) is 44.7. The summed E-state index contributed by atoms with van der Waals surface area (Å²) in [6.07, 6.45) is 18.6. The Balaban J connectivity index is 0.000000151. The van der Waals surface area contributed by atoms with Gasteiger partial charge >= 0.3 is 0 Å². The van der Waals surface area contributed by atoms with E-state index in [2.05, 4.69) is 52.5 Å². The van der Waals surface area contributed by atoms with Gasteiger partial charge in [-0.3, -0.25) is 20.0 Å². The molecule has 5 atom stereocenters. The lowest BCUT2D eigenvalue weighted by Crippen LogP contribution is -2.51. The number of hydrogen-bond donors (Lipinski definition) is 4. The molecule has 13 nitrogen and oxygen atoms in total. The maximum atomic E-state index is 17.1. The Morgan fingerprint density at radius 2 is 1.43 bits per heavy atom. The molecule has 6 fully saturated rings. The molecule has 9 aromatic rings. The minimum Gasteiger partial charge on any atom is -0.508 e. The van der Waals surface area contributed by atoms with Crippen molar-refractivity contribution < 1.29 is 27.4 Å². The third kappa shape index (κ3) is 8.19. The quantitative estimate of drug-likeness (QED) is 0.0891. The summed E-state index contributed by atoms with van der Waals surface area (Å²) in [6, 6.07) is 17.2. The van der Waals surface area contributed by atoms with Crippen molar-refractivity contribution >= 4 is 65.6 Å². The van der Waals surface area contributed by atoms with Gasteiger partial charge in [0.25, 0.3) is 0 Å². The Morgan fingerprint density at radius 3 is 2.12 bits per heavy atom.